The number of hydrogen-bond acceptors (Lipinski definition) is 6. The first-order valence-electron chi connectivity index (χ1n) is 10.8. The van der Waals surface area contributed by atoms with Crippen LogP contribution < -0.4 is 4.72 Å². The minimum atomic E-state index is -4.56. The van der Waals surface area contributed by atoms with Crippen molar-refractivity contribution in [1.29, 1.82) is 5.41 Å². The highest BCUT2D eigenvalue weighted by Gasteiger charge is 2.40. The van der Waals surface area contributed by atoms with Gasteiger partial charge in [-0.2, -0.15) is 13.2 Å². The maximum atomic E-state index is 12.8. The van der Waals surface area contributed by atoms with E-state index in [0.717, 1.165) is 0 Å². The zero-order valence-electron chi connectivity index (χ0n) is 19.9. The lowest BCUT2D eigenvalue weighted by atomic mass is 9.85. The van der Waals surface area contributed by atoms with E-state index in [2.05, 4.69) is 36.0 Å². The fourth-order valence-electron chi connectivity index (χ4n) is 3.51. The summed E-state index contributed by atoms with van der Waals surface area (Å²) in [5, 5.41) is 19.0. The summed E-state index contributed by atoms with van der Waals surface area (Å²) in [6.45, 7) is 16.0. The molecule has 0 radical (unpaired) electrons. The summed E-state index contributed by atoms with van der Waals surface area (Å²) in [6, 6.07) is 0. The number of hydrogen-bond donors (Lipinski definition) is 3. The van der Waals surface area contributed by atoms with E-state index >= 15 is 0 Å². The molecule has 7 nitrogen and oxygen atoms in total. The van der Waals surface area contributed by atoms with E-state index in [9.17, 15) is 26.7 Å². The molecule has 1 fully saturated rings. The molecule has 2 rings (SSSR count). The van der Waals surface area contributed by atoms with Gasteiger partial charge in [-0.15, -0.1) is 11.3 Å². The van der Waals surface area contributed by atoms with Gasteiger partial charge >= 0.3 is 6.18 Å². The molecular formula is C24H29F3N4O3S2. The zero-order valence-corrected chi connectivity index (χ0v) is 21.5. The topological polar surface area (TPSA) is 106 Å². The molecule has 0 atom stereocenters. The molecule has 1 aromatic heterocycles. The fraction of sp³-hybridized carbons (Fsp3) is 0.333. The summed E-state index contributed by atoms with van der Waals surface area (Å²) in [6.07, 6.45) is 0.962. The maximum Gasteiger partial charge on any atom is 0.412 e. The van der Waals surface area contributed by atoms with Crippen molar-refractivity contribution in [3.63, 3.8) is 0 Å². The average molecular weight is 543 g/mol. The molecule has 1 aromatic rings. The molecule has 12 heteroatoms. The van der Waals surface area contributed by atoms with Crippen molar-refractivity contribution in [2.45, 2.75) is 38.0 Å². The monoisotopic (exact) mass is 542 g/mol. The minimum Gasteiger partial charge on any atom is -0.389 e. The highest BCUT2D eigenvalue weighted by atomic mass is 32.2. The summed E-state index contributed by atoms with van der Waals surface area (Å²) < 4.78 is 66.0. The number of amidine groups is 1. The molecule has 0 saturated carbocycles. The van der Waals surface area contributed by atoms with Crippen LogP contribution in [-0.4, -0.2) is 54.1 Å². The fourth-order valence-corrected chi connectivity index (χ4v) is 5.18. The molecule has 0 aromatic carbocycles. The highest BCUT2D eigenvalue weighted by molar-refractivity contribution is 7.98. The molecule has 0 spiro atoms. The smallest absolute Gasteiger partial charge is 0.389 e. The van der Waals surface area contributed by atoms with Crippen LogP contribution in [0.15, 0.2) is 66.9 Å². The number of thiazole rings is 1. The normalized spacial score (nSPS) is 16.6. The molecule has 0 aliphatic carbocycles. The van der Waals surface area contributed by atoms with Gasteiger partial charge in [-0.25, -0.2) is 13.4 Å². The van der Waals surface area contributed by atoms with Crippen LogP contribution in [0, 0.1) is 5.41 Å². The van der Waals surface area contributed by atoms with E-state index in [1.165, 1.54) is 35.1 Å². The maximum absolute atomic E-state index is 12.8. The van der Waals surface area contributed by atoms with Gasteiger partial charge in [-0.3, -0.25) is 10.1 Å². The second-order valence-electron chi connectivity index (χ2n) is 8.24. The van der Waals surface area contributed by atoms with Crippen molar-refractivity contribution >= 4 is 38.2 Å². The van der Waals surface area contributed by atoms with Crippen LogP contribution in [-0.2, 0) is 10.0 Å². The standard InChI is InChI=1S/C24H29F3N4O3S2/c1-6-19(22(28)31-12-10-23(32,11-13-31)14-16(3)24(25,26)27)9-8-17(4)30-36(33,34)18(5)21-20(7-2)35-15-29-21/h6-9,15,28,30,32H,2-5,10-14H2,1H3/b9-8-,19-6+,28-22?. The van der Waals surface area contributed by atoms with Gasteiger partial charge in [0.1, 0.15) is 16.4 Å². The first-order valence-corrected chi connectivity index (χ1v) is 13.1. The Bertz CT molecular complexity index is 1220. The molecule has 3 N–H and O–H groups in total. The van der Waals surface area contributed by atoms with E-state index in [-0.39, 0.29) is 48.1 Å². The molecular weight excluding hydrogens is 513 g/mol. The van der Waals surface area contributed by atoms with Crippen molar-refractivity contribution in [3.8, 4) is 0 Å². The van der Waals surface area contributed by atoms with E-state index < -0.39 is 33.8 Å². The zero-order chi connectivity index (χ0) is 27.3. The molecule has 36 heavy (non-hydrogen) atoms. The van der Waals surface area contributed by atoms with Gasteiger partial charge in [0.2, 0.25) is 0 Å². The largest absolute Gasteiger partial charge is 0.412 e. The third-order valence-electron chi connectivity index (χ3n) is 5.64. The molecule has 0 amide bonds. The van der Waals surface area contributed by atoms with Gasteiger partial charge in [0.15, 0.2) is 0 Å². The molecule has 1 aliphatic heterocycles. The van der Waals surface area contributed by atoms with Gasteiger partial charge in [0, 0.05) is 36.4 Å². The Morgan fingerprint density at radius 2 is 1.92 bits per heavy atom. The Kier molecular flexibility index (Phi) is 9.27. The molecule has 0 bridgehead atoms. The van der Waals surface area contributed by atoms with Gasteiger partial charge in [0.05, 0.1) is 16.0 Å². The Labute approximate surface area is 213 Å². The van der Waals surface area contributed by atoms with Crippen LogP contribution in [0.3, 0.4) is 0 Å². The lowest BCUT2D eigenvalue weighted by Crippen LogP contribution is -2.47. The molecule has 1 aliphatic rings. The third-order valence-corrected chi connectivity index (χ3v) is 7.83. The van der Waals surface area contributed by atoms with E-state index in [0.29, 0.717) is 10.5 Å². The van der Waals surface area contributed by atoms with E-state index in [4.69, 9.17) is 5.41 Å². The lowest BCUT2D eigenvalue weighted by molar-refractivity contribution is -0.105. The highest BCUT2D eigenvalue weighted by Crippen LogP contribution is 2.35. The van der Waals surface area contributed by atoms with Crippen LogP contribution in [0.1, 0.15) is 36.8 Å². The predicted molar refractivity (Wildman–Crippen MR) is 139 cm³/mol. The molecule has 2 heterocycles. The molecule has 1 saturated heterocycles. The number of rotatable bonds is 10. The molecule has 0 unspecified atom stereocenters. The average Bonchev–Trinajstić information content (AvgIpc) is 3.26. The predicted octanol–water partition coefficient (Wildman–Crippen LogP) is 5.01. The number of nitrogens with zero attached hydrogens (tertiary/aromatic N) is 2. The van der Waals surface area contributed by atoms with Crippen LogP contribution in [0.5, 0.6) is 0 Å². The van der Waals surface area contributed by atoms with E-state index in [1.807, 2.05) is 0 Å². The number of nitrogens with one attached hydrogen (secondary N) is 2. The summed E-state index contributed by atoms with van der Waals surface area (Å²) in [4.78, 5) is 5.99. The number of aliphatic hydroxyl groups is 1. The second-order valence-corrected chi connectivity index (χ2v) is 10.8. The number of alkyl halides is 3. The minimum absolute atomic E-state index is 0.0253. The Morgan fingerprint density at radius 1 is 1.31 bits per heavy atom. The quantitative estimate of drug-likeness (QED) is 0.167. The Balaban J connectivity index is 2.00. The van der Waals surface area contributed by atoms with Gasteiger partial charge < -0.3 is 10.0 Å². The van der Waals surface area contributed by atoms with Crippen molar-refractivity contribution in [3.05, 3.63) is 77.5 Å². The Morgan fingerprint density at radius 3 is 2.44 bits per heavy atom. The number of halogens is 3. The number of aromatic nitrogens is 1. The van der Waals surface area contributed by atoms with Crippen molar-refractivity contribution in [2.75, 3.05) is 13.1 Å². The van der Waals surface area contributed by atoms with E-state index in [1.54, 1.807) is 17.9 Å². The van der Waals surface area contributed by atoms with Crippen LogP contribution in [0.4, 0.5) is 13.2 Å². The SMILES string of the molecule is C=Cc1scnc1C(=C)S(=O)(=O)NC(=C)/C=C\C(=C/C)C(=N)N1CCC(O)(CC(=C)C(F)(F)F)CC1. The number of likely N-dealkylation sites (tertiary alicyclic amines) is 1. The van der Waals surface area contributed by atoms with Gasteiger partial charge in [-0.1, -0.05) is 32.4 Å². The van der Waals surface area contributed by atoms with Crippen LogP contribution in [0.25, 0.3) is 11.0 Å². The van der Waals surface area contributed by atoms with Crippen molar-refractivity contribution < 1.29 is 26.7 Å². The van der Waals surface area contributed by atoms with Crippen LogP contribution >= 0.6 is 11.3 Å². The van der Waals surface area contributed by atoms with Crippen molar-refractivity contribution in [2.24, 2.45) is 0 Å². The number of allylic oxidation sites excluding steroid dienone is 2. The van der Waals surface area contributed by atoms with Crippen molar-refractivity contribution in [1.82, 2.24) is 14.6 Å². The first-order chi connectivity index (χ1) is 16.6. The lowest BCUT2D eigenvalue weighted by Gasteiger charge is -2.40. The first kappa shape index (κ1) is 29.3. The summed E-state index contributed by atoms with van der Waals surface area (Å²) in [5.41, 5.74) is -0.374. The Hall–Kier alpha value is -2.96. The van der Waals surface area contributed by atoms with Crippen LogP contribution in [0.2, 0.25) is 0 Å². The van der Waals surface area contributed by atoms with Gasteiger partial charge in [0.25, 0.3) is 10.0 Å². The summed E-state index contributed by atoms with van der Waals surface area (Å²) in [5.74, 6) is 0.0867. The number of sulfonamides is 1. The summed E-state index contributed by atoms with van der Waals surface area (Å²) >= 11 is 1.23. The molecule has 196 valence electrons. The third kappa shape index (κ3) is 7.28. The second kappa shape index (κ2) is 11.4. The van der Waals surface area contributed by atoms with Gasteiger partial charge in [-0.05, 0) is 38.0 Å². The summed E-state index contributed by atoms with van der Waals surface area (Å²) in [7, 11) is -4.04. The number of piperidine rings is 1.